The van der Waals surface area contributed by atoms with Crippen LogP contribution in [0.2, 0.25) is 0 Å². The van der Waals surface area contributed by atoms with Crippen LogP contribution in [0.15, 0.2) is 54.6 Å². The zero-order chi connectivity index (χ0) is 13.8. The molecule has 2 heteroatoms. The van der Waals surface area contributed by atoms with Gasteiger partial charge in [-0.05, 0) is 35.7 Å². The lowest BCUT2D eigenvalue weighted by Gasteiger charge is -2.16. The van der Waals surface area contributed by atoms with Crippen molar-refractivity contribution < 1.29 is 4.74 Å². The van der Waals surface area contributed by atoms with E-state index in [1.807, 2.05) is 6.07 Å². The van der Waals surface area contributed by atoms with Gasteiger partial charge in [-0.2, -0.15) is 0 Å². The van der Waals surface area contributed by atoms with Crippen molar-refractivity contribution in [1.82, 2.24) is 5.32 Å². The summed E-state index contributed by atoms with van der Waals surface area (Å²) < 4.78 is 5.59. The van der Waals surface area contributed by atoms with Gasteiger partial charge in [-0.1, -0.05) is 48.5 Å². The Balaban J connectivity index is 2.00. The molecule has 1 N–H and O–H groups in total. The van der Waals surface area contributed by atoms with Crippen LogP contribution < -0.4 is 10.1 Å². The van der Waals surface area contributed by atoms with Gasteiger partial charge in [0.2, 0.25) is 0 Å². The maximum absolute atomic E-state index is 5.59. The van der Waals surface area contributed by atoms with Crippen LogP contribution in [-0.2, 0) is 0 Å². The molecule has 0 saturated heterocycles. The van der Waals surface area contributed by atoms with Crippen LogP contribution in [0.3, 0.4) is 0 Å². The Morgan fingerprint density at radius 1 is 1.00 bits per heavy atom. The van der Waals surface area contributed by atoms with Crippen molar-refractivity contribution in [1.29, 1.82) is 0 Å². The van der Waals surface area contributed by atoms with Crippen molar-refractivity contribution in [2.24, 2.45) is 0 Å². The van der Waals surface area contributed by atoms with E-state index in [9.17, 15) is 0 Å². The molecule has 0 aromatic heterocycles. The highest BCUT2D eigenvalue weighted by Gasteiger charge is 2.10. The zero-order valence-electron chi connectivity index (χ0n) is 11.7. The van der Waals surface area contributed by atoms with Gasteiger partial charge < -0.3 is 10.1 Å². The van der Waals surface area contributed by atoms with Gasteiger partial charge in [0, 0.05) is 12.1 Å². The lowest BCUT2D eigenvalue weighted by molar-refractivity contribution is 0.416. The Morgan fingerprint density at radius 3 is 2.55 bits per heavy atom. The maximum Gasteiger partial charge on any atom is 0.127 e. The number of nitrogens with one attached hydrogen (secondary N) is 1. The van der Waals surface area contributed by atoms with E-state index < -0.39 is 0 Å². The summed E-state index contributed by atoms with van der Waals surface area (Å²) in [6.07, 6.45) is 3.34. The minimum atomic E-state index is 0.938. The predicted octanol–water partition coefficient (Wildman–Crippen LogP) is 3.74. The summed E-state index contributed by atoms with van der Waals surface area (Å²) in [4.78, 5) is 0. The Hall–Kier alpha value is -2.06. The minimum absolute atomic E-state index is 0.938. The first-order valence-corrected chi connectivity index (χ1v) is 7.02. The summed E-state index contributed by atoms with van der Waals surface area (Å²) >= 11 is 0. The second-order valence-corrected chi connectivity index (χ2v) is 4.96. The molecule has 1 heterocycles. The van der Waals surface area contributed by atoms with Gasteiger partial charge in [0.1, 0.15) is 5.75 Å². The third-order valence-electron chi connectivity index (χ3n) is 3.72. The SMILES string of the molecule is COc1cc(C2=CCNCC2)ccc1-c1ccccc1. The molecule has 3 rings (SSSR count). The summed E-state index contributed by atoms with van der Waals surface area (Å²) in [7, 11) is 1.74. The van der Waals surface area contributed by atoms with Crippen LogP contribution in [0.4, 0.5) is 0 Å². The molecular weight excluding hydrogens is 246 g/mol. The Labute approximate surface area is 120 Å². The van der Waals surface area contributed by atoms with Crippen molar-refractivity contribution in [3.05, 3.63) is 60.2 Å². The minimum Gasteiger partial charge on any atom is -0.496 e. The number of ether oxygens (including phenoxy) is 1. The van der Waals surface area contributed by atoms with Crippen LogP contribution in [-0.4, -0.2) is 20.2 Å². The first kappa shape index (κ1) is 12.9. The van der Waals surface area contributed by atoms with E-state index >= 15 is 0 Å². The summed E-state index contributed by atoms with van der Waals surface area (Å²) in [5, 5.41) is 3.34. The average molecular weight is 265 g/mol. The van der Waals surface area contributed by atoms with E-state index in [0.29, 0.717) is 0 Å². The van der Waals surface area contributed by atoms with Gasteiger partial charge in [-0.3, -0.25) is 0 Å². The molecule has 0 saturated carbocycles. The number of hydrogen-bond acceptors (Lipinski definition) is 2. The molecular formula is C18H19NO. The summed E-state index contributed by atoms with van der Waals surface area (Å²) in [6, 6.07) is 16.9. The lowest BCUT2D eigenvalue weighted by Crippen LogP contribution is -2.20. The van der Waals surface area contributed by atoms with Gasteiger partial charge in [0.05, 0.1) is 7.11 Å². The van der Waals surface area contributed by atoms with E-state index in [4.69, 9.17) is 4.74 Å². The summed E-state index contributed by atoms with van der Waals surface area (Å²) in [5.74, 6) is 0.938. The highest BCUT2D eigenvalue weighted by molar-refractivity contribution is 5.76. The number of methoxy groups -OCH3 is 1. The van der Waals surface area contributed by atoms with E-state index in [1.165, 1.54) is 16.7 Å². The van der Waals surface area contributed by atoms with Crippen LogP contribution in [0, 0.1) is 0 Å². The molecule has 2 aromatic carbocycles. The third kappa shape index (κ3) is 2.61. The van der Waals surface area contributed by atoms with Gasteiger partial charge >= 0.3 is 0 Å². The molecule has 0 radical (unpaired) electrons. The second-order valence-electron chi connectivity index (χ2n) is 4.96. The van der Waals surface area contributed by atoms with Gasteiger partial charge in [-0.25, -0.2) is 0 Å². The van der Waals surface area contributed by atoms with E-state index in [2.05, 4.69) is 53.9 Å². The van der Waals surface area contributed by atoms with E-state index in [0.717, 1.165) is 30.8 Å². The van der Waals surface area contributed by atoms with Gasteiger partial charge in [0.25, 0.3) is 0 Å². The Bertz CT molecular complexity index is 617. The fourth-order valence-corrected chi connectivity index (χ4v) is 2.63. The average Bonchev–Trinajstić information content (AvgIpc) is 2.56. The number of rotatable bonds is 3. The molecule has 0 fully saturated rings. The first-order valence-electron chi connectivity index (χ1n) is 7.02. The molecule has 20 heavy (non-hydrogen) atoms. The van der Waals surface area contributed by atoms with E-state index in [1.54, 1.807) is 7.11 Å². The lowest BCUT2D eigenvalue weighted by atomic mass is 9.96. The molecule has 1 aliphatic rings. The monoisotopic (exact) mass is 265 g/mol. The van der Waals surface area contributed by atoms with Crippen LogP contribution in [0.5, 0.6) is 5.75 Å². The van der Waals surface area contributed by atoms with Crippen molar-refractivity contribution >= 4 is 5.57 Å². The van der Waals surface area contributed by atoms with Crippen LogP contribution >= 0.6 is 0 Å². The van der Waals surface area contributed by atoms with Crippen molar-refractivity contribution in [3.8, 4) is 16.9 Å². The van der Waals surface area contributed by atoms with Crippen molar-refractivity contribution in [3.63, 3.8) is 0 Å². The zero-order valence-corrected chi connectivity index (χ0v) is 11.7. The quantitative estimate of drug-likeness (QED) is 0.913. The molecule has 0 aliphatic carbocycles. The highest BCUT2D eigenvalue weighted by atomic mass is 16.5. The normalized spacial score (nSPS) is 14.8. The van der Waals surface area contributed by atoms with Crippen molar-refractivity contribution in [2.75, 3.05) is 20.2 Å². The molecule has 2 aromatic rings. The number of benzene rings is 2. The topological polar surface area (TPSA) is 21.3 Å². The third-order valence-corrected chi connectivity index (χ3v) is 3.72. The Kier molecular flexibility index (Phi) is 3.84. The molecule has 2 nitrogen and oxygen atoms in total. The summed E-state index contributed by atoms with van der Waals surface area (Å²) in [6.45, 7) is 2.01. The summed E-state index contributed by atoms with van der Waals surface area (Å²) in [5.41, 5.74) is 5.01. The highest BCUT2D eigenvalue weighted by Crippen LogP contribution is 2.33. The molecule has 1 aliphatic heterocycles. The first-order chi connectivity index (χ1) is 9.88. The largest absolute Gasteiger partial charge is 0.496 e. The molecule has 0 bridgehead atoms. The van der Waals surface area contributed by atoms with Crippen molar-refractivity contribution in [2.45, 2.75) is 6.42 Å². The molecule has 0 unspecified atom stereocenters. The predicted molar refractivity (Wildman–Crippen MR) is 83.9 cm³/mol. The molecule has 0 amide bonds. The van der Waals surface area contributed by atoms with E-state index in [-0.39, 0.29) is 0 Å². The number of hydrogen-bond donors (Lipinski definition) is 1. The standard InChI is InChI=1S/C18H19NO/c1-20-18-13-16(14-9-11-19-12-10-14)7-8-17(18)15-5-3-2-4-6-15/h2-9,13,19H,10-12H2,1H3. The van der Waals surface area contributed by atoms with Gasteiger partial charge in [-0.15, -0.1) is 0 Å². The maximum atomic E-state index is 5.59. The molecule has 102 valence electrons. The molecule has 0 atom stereocenters. The molecule has 0 spiro atoms. The second kappa shape index (κ2) is 5.93. The smallest absolute Gasteiger partial charge is 0.127 e. The van der Waals surface area contributed by atoms with Crippen LogP contribution in [0.25, 0.3) is 16.7 Å². The van der Waals surface area contributed by atoms with Crippen LogP contribution in [0.1, 0.15) is 12.0 Å². The fourth-order valence-electron chi connectivity index (χ4n) is 2.63. The Morgan fingerprint density at radius 2 is 1.85 bits per heavy atom. The van der Waals surface area contributed by atoms with Gasteiger partial charge in [0.15, 0.2) is 0 Å². The fraction of sp³-hybridized carbons (Fsp3) is 0.222.